The fourth-order valence-corrected chi connectivity index (χ4v) is 2.40. The van der Waals surface area contributed by atoms with E-state index >= 15 is 0 Å². The molecule has 0 spiro atoms. The Balaban J connectivity index is 1.36. The number of pyridine rings is 1. The maximum Gasteiger partial charge on any atom is 0.226 e. The summed E-state index contributed by atoms with van der Waals surface area (Å²) in [6, 6.07) is 7.54. The lowest BCUT2D eigenvalue weighted by atomic mass is 10.2. The van der Waals surface area contributed by atoms with Gasteiger partial charge in [-0.05, 0) is 37.6 Å². The first-order chi connectivity index (χ1) is 12.2. The number of amides is 1. The molecule has 0 atom stereocenters. The van der Waals surface area contributed by atoms with Crippen molar-refractivity contribution in [2.45, 2.75) is 32.6 Å². The van der Waals surface area contributed by atoms with Crippen molar-refractivity contribution in [1.29, 1.82) is 0 Å². The molecule has 0 radical (unpaired) electrons. The molecule has 3 heterocycles. The third kappa shape index (κ3) is 5.00. The Morgan fingerprint density at radius 2 is 2.16 bits per heavy atom. The van der Waals surface area contributed by atoms with Crippen molar-refractivity contribution < 1.29 is 13.7 Å². The molecule has 3 aromatic heterocycles. The Hall–Kier alpha value is -2.96. The van der Waals surface area contributed by atoms with Crippen molar-refractivity contribution in [2.24, 2.45) is 0 Å². The molecule has 7 heteroatoms. The maximum atomic E-state index is 11.8. The molecule has 0 fully saturated rings. The largest absolute Gasteiger partial charge is 0.466 e. The van der Waals surface area contributed by atoms with E-state index in [0.29, 0.717) is 43.9 Å². The number of aryl methyl sites for hydroxylation is 2. The van der Waals surface area contributed by atoms with E-state index in [-0.39, 0.29) is 5.91 Å². The van der Waals surface area contributed by atoms with Gasteiger partial charge in [-0.1, -0.05) is 5.16 Å². The van der Waals surface area contributed by atoms with Crippen LogP contribution in [0.25, 0.3) is 11.4 Å². The van der Waals surface area contributed by atoms with E-state index in [2.05, 4.69) is 20.4 Å². The van der Waals surface area contributed by atoms with Crippen molar-refractivity contribution in [1.82, 2.24) is 20.4 Å². The van der Waals surface area contributed by atoms with Crippen molar-refractivity contribution in [3.8, 4) is 11.4 Å². The van der Waals surface area contributed by atoms with Crippen molar-refractivity contribution in [3.05, 3.63) is 54.1 Å². The molecular formula is C18H20N4O3. The highest BCUT2D eigenvalue weighted by Gasteiger charge is 2.09. The summed E-state index contributed by atoms with van der Waals surface area (Å²) in [6.45, 7) is 2.47. The van der Waals surface area contributed by atoms with E-state index in [1.54, 1.807) is 12.4 Å². The smallest absolute Gasteiger partial charge is 0.226 e. The van der Waals surface area contributed by atoms with Gasteiger partial charge < -0.3 is 14.3 Å². The number of furan rings is 1. The number of hydrogen-bond donors (Lipinski definition) is 1. The predicted molar refractivity (Wildman–Crippen MR) is 90.6 cm³/mol. The van der Waals surface area contributed by atoms with Gasteiger partial charge in [-0.3, -0.25) is 9.78 Å². The lowest BCUT2D eigenvalue weighted by Gasteiger charge is -2.03. The average molecular weight is 340 g/mol. The fraction of sp³-hybridized carbons (Fsp3) is 0.333. The van der Waals surface area contributed by atoms with Gasteiger partial charge >= 0.3 is 0 Å². The van der Waals surface area contributed by atoms with Crippen LogP contribution in [-0.2, 0) is 17.6 Å². The third-order valence-corrected chi connectivity index (χ3v) is 3.67. The summed E-state index contributed by atoms with van der Waals surface area (Å²) < 4.78 is 10.7. The van der Waals surface area contributed by atoms with Crippen LogP contribution < -0.4 is 5.32 Å². The summed E-state index contributed by atoms with van der Waals surface area (Å²) in [5.74, 6) is 2.81. The Kier molecular flexibility index (Phi) is 5.56. The summed E-state index contributed by atoms with van der Waals surface area (Å²) in [7, 11) is 0. The second kappa shape index (κ2) is 8.23. The number of carbonyl (C=O) groups is 1. The molecule has 1 amide bonds. The molecule has 3 rings (SSSR count). The molecule has 1 N–H and O–H groups in total. The van der Waals surface area contributed by atoms with Crippen LogP contribution in [-0.4, -0.2) is 27.6 Å². The van der Waals surface area contributed by atoms with E-state index in [1.807, 2.05) is 31.2 Å². The highest BCUT2D eigenvalue weighted by Crippen LogP contribution is 2.14. The van der Waals surface area contributed by atoms with Gasteiger partial charge in [0.15, 0.2) is 0 Å². The molecular weight excluding hydrogens is 320 g/mol. The van der Waals surface area contributed by atoms with E-state index in [1.165, 1.54) is 0 Å². The van der Waals surface area contributed by atoms with Gasteiger partial charge in [0, 0.05) is 43.8 Å². The Morgan fingerprint density at radius 3 is 2.92 bits per heavy atom. The second-order valence-corrected chi connectivity index (χ2v) is 5.72. The van der Waals surface area contributed by atoms with Gasteiger partial charge in [0.2, 0.25) is 17.6 Å². The Bertz CT molecular complexity index is 811. The average Bonchev–Trinajstić information content (AvgIpc) is 3.25. The molecule has 25 heavy (non-hydrogen) atoms. The number of hydrogen-bond acceptors (Lipinski definition) is 6. The molecule has 0 aromatic carbocycles. The Labute approximate surface area is 145 Å². The minimum Gasteiger partial charge on any atom is -0.466 e. The van der Waals surface area contributed by atoms with Crippen LogP contribution in [0, 0.1) is 6.92 Å². The normalized spacial score (nSPS) is 10.8. The van der Waals surface area contributed by atoms with Crippen molar-refractivity contribution >= 4 is 5.91 Å². The minimum atomic E-state index is 0.00952. The second-order valence-electron chi connectivity index (χ2n) is 5.72. The predicted octanol–water partition coefficient (Wildman–Crippen LogP) is 2.71. The topological polar surface area (TPSA) is 94.1 Å². The zero-order valence-corrected chi connectivity index (χ0v) is 14.1. The molecule has 0 aliphatic carbocycles. The molecule has 3 aromatic rings. The van der Waals surface area contributed by atoms with Crippen LogP contribution in [0.1, 0.15) is 30.3 Å². The molecule has 0 unspecified atom stereocenters. The number of rotatable bonds is 8. The van der Waals surface area contributed by atoms with Gasteiger partial charge in [-0.15, -0.1) is 0 Å². The van der Waals surface area contributed by atoms with Crippen LogP contribution in [0.4, 0.5) is 0 Å². The lowest BCUT2D eigenvalue weighted by molar-refractivity contribution is -0.121. The summed E-state index contributed by atoms with van der Waals surface area (Å²) in [5, 5.41) is 6.82. The lowest BCUT2D eigenvalue weighted by Crippen LogP contribution is -2.25. The van der Waals surface area contributed by atoms with Crippen LogP contribution in [0.3, 0.4) is 0 Å². The van der Waals surface area contributed by atoms with Crippen LogP contribution in [0.2, 0.25) is 0 Å². The minimum absolute atomic E-state index is 0.00952. The first kappa shape index (κ1) is 16.9. The molecule has 7 nitrogen and oxygen atoms in total. The van der Waals surface area contributed by atoms with E-state index < -0.39 is 0 Å². The van der Waals surface area contributed by atoms with Gasteiger partial charge in [-0.25, -0.2) is 0 Å². The van der Waals surface area contributed by atoms with E-state index in [9.17, 15) is 4.79 Å². The van der Waals surface area contributed by atoms with Crippen molar-refractivity contribution in [2.75, 3.05) is 6.54 Å². The first-order valence-electron chi connectivity index (χ1n) is 8.26. The standard InChI is InChI=1S/C18H20N4O3/c1-13-7-8-15(24-13)9-11-20-16(23)5-2-6-17-21-18(22-25-17)14-4-3-10-19-12-14/h3-4,7-8,10,12H,2,5-6,9,11H2,1H3,(H,20,23). The summed E-state index contributed by atoms with van der Waals surface area (Å²) >= 11 is 0. The van der Waals surface area contributed by atoms with Crippen LogP contribution in [0.15, 0.2) is 45.6 Å². The highest BCUT2D eigenvalue weighted by molar-refractivity contribution is 5.75. The van der Waals surface area contributed by atoms with Crippen molar-refractivity contribution in [3.63, 3.8) is 0 Å². The monoisotopic (exact) mass is 340 g/mol. The fourth-order valence-electron chi connectivity index (χ4n) is 2.40. The summed E-state index contributed by atoms with van der Waals surface area (Å²) in [5.41, 5.74) is 0.809. The van der Waals surface area contributed by atoms with Gasteiger partial charge in [0.05, 0.1) is 0 Å². The molecule has 0 aliphatic heterocycles. The molecule has 130 valence electrons. The van der Waals surface area contributed by atoms with Crippen LogP contribution in [0.5, 0.6) is 0 Å². The molecule has 0 saturated carbocycles. The maximum absolute atomic E-state index is 11.8. The summed E-state index contributed by atoms with van der Waals surface area (Å²) in [6.07, 6.45) is 5.71. The van der Waals surface area contributed by atoms with Crippen LogP contribution >= 0.6 is 0 Å². The van der Waals surface area contributed by atoms with Gasteiger partial charge in [-0.2, -0.15) is 4.98 Å². The van der Waals surface area contributed by atoms with E-state index in [4.69, 9.17) is 8.94 Å². The number of aromatic nitrogens is 3. The summed E-state index contributed by atoms with van der Waals surface area (Å²) in [4.78, 5) is 20.2. The number of carbonyl (C=O) groups excluding carboxylic acids is 1. The SMILES string of the molecule is Cc1ccc(CCNC(=O)CCCc2nc(-c3cccnc3)no2)o1. The Morgan fingerprint density at radius 1 is 1.24 bits per heavy atom. The molecule has 0 saturated heterocycles. The third-order valence-electron chi connectivity index (χ3n) is 3.67. The van der Waals surface area contributed by atoms with Gasteiger partial charge in [0.25, 0.3) is 0 Å². The number of nitrogens with one attached hydrogen (secondary N) is 1. The first-order valence-corrected chi connectivity index (χ1v) is 8.26. The zero-order chi connectivity index (χ0) is 17.5. The molecule has 0 bridgehead atoms. The van der Waals surface area contributed by atoms with E-state index in [0.717, 1.165) is 17.1 Å². The number of nitrogens with zero attached hydrogens (tertiary/aromatic N) is 3. The molecule has 0 aliphatic rings. The zero-order valence-electron chi connectivity index (χ0n) is 14.1. The quantitative estimate of drug-likeness (QED) is 0.677. The van der Waals surface area contributed by atoms with Gasteiger partial charge in [0.1, 0.15) is 11.5 Å². The highest BCUT2D eigenvalue weighted by atomic mass is 16.5.